The lowest BCUT2D eigenvalue weighted by Crippen LogP contribution is -2.50. The number of amides is 2. The molecule has 1 fully saturated rings. The number of hydrogen-bond donors (Lipinski definition) is 0. The Morgan fingerprint density at radius 2 is 1.72 bits per heavy atom. The average molecular weight is 411 g/mol. The highest BCUT2D eigenvalue weighted by Gasteiger charge is 2.29. The van der Waals surface area contributed by atoms with Gasteiger partial charge in [0, 0.05) is 44.5 Å². The van der Waals surface area contributed by atoms with E-state index in [9.17, 15) is 9.59 Å². The third-order valence-corrected chi connectivity index (χ3v) is 6.37. The molecule has 0 bridgehead atoms. The second kappa shape index (κ2) is 7.47. The molecule has 0 saturated carbocycles. The van der Waals surface area contributed by atoms with Crippen LogP contribution in [0.5, 0.6) is 0 Å². The van der Waals surface area contributed by atoms with Gasteiger partial charge >= 0.3 is 0 Å². The van der Waals surface area contributed by atoms with Crippen LogP contribution in [0.1, 0.15) is 39.5 Å². The molecule has 2 aliphatic rings. The van der Waals surface area contributed by atoms with Gasteiger partial charge in [0.2, 0.25) is 0 Å². The Kier molecular flexibility index (Phi) is 4.67. The molecule has 3 aromatic heterocycles. The van der Waals surface area contributed by atoms with E-state index in [4.69, 9.17) is 4.52 Å². The molecule has 2 aliphatic heterocycles. The van der Waals surface area contributed by atoms with Crippen LogP contribution in [0.2, 0.25) is 0 Å². The van der Waals surface area contributed by atoms with Crippen LogP contribution in [-0.2, 0) is 13.0 Å². The van der Waals surface area contributed by atoms with Gasteiger partial charge in [-0.25, -0.2) is 0 Å². The first kappa shape index (κ1) is 18.1. The van der Waals surface area contributed by atoms with Crippen molar-refractivity contribution >= 4 is 23.2 Å². The van der Waals surface area contributed by atoms with Crippen LogP contribution in [0.3, 0.4) is 0 Å². The average Bonchev–Trinajstić information content (AvgIpc) is 3.52. The number of aryl methyl sites for hydroxylation is 2. The summed E-state index contributed by atoms with van der Waals surface area (Å²) in [6.45, 7) is 2.81. The molecule has 0 radical (unpaired) electrons. The molecule has 9 heteroatoms. The van der Waals surface area contributed by atoms with Crippen LogP contribution in [0.15, 0.2) is 34.2 Å². The van der Waals surface area contributed by atoms with E-state index in [0.29, 0.717) is 43.3 Å². The van der Waals surface area contributed by atoms with Crippen LogP contribution in [-0.4, -0.2) is 62.7 Å². The van der Waals surface area contributed by atoms with Gasteiger partial charge in [-0.15, -0.1) is 11.3 Å². The minimum absolute atomic E-state index is 0.0552. The molecule has 0 spiro atoms. The number of hydrogen-bond acceptors (Lipinski definition) is 6. The van der Waals surface area contributed by atoms with Crippen LogP contribution in [0.25, 0.3) is 10.6 Å². The number of fused-ring (bicyclic) bond motifs is 1. The van der Waals surface area contributed by atoms with Crippen molar-refractivity contribution in [2.24, 2.45) is 0 Å². The Bertz CT molecular complexity index is 1010. The summed E-state index contributed by atoms with van der Waals surface area (Å²) in [6, 6.07) is 7.45. The Morgan fingerprint density at radius 1 is 0.966 bits per heavy atom. The zero-order valence-corrected chi connectivity index (χ0v) is 16.7. The van der Waals surface area contributed by atoms with Crippen LogP contribution < -0.4 is 0 Å². The molecule has 5 rings (SSSR count). The van der Waals surface area contributed by atoms with Crippen molar-refractivity contribution in [3.63, 3.8) is 0 Å². The van der Waals surface area contributed by atoms with Gasteiger partial charge < -0.3 is 14.3 Å². The first-order valence-electron chi connectivity index (χ1n) is 9.85. The van der Waals surface area contributed by atoms with Crippen molar-refractivity contribution in [3.8, 4) is 10.6 Å². The first-order valence-corrected chi connectivity index (χ1v) is 10.7. The van der Waals surface area contributed by atoms with Gasteiger partial charge in [0.25, 0.3) is 11.8 Å². The van der Waals surface area contributed by atoms with Crippen molar-refractivity contribution in [1.82, 2.24) is 24.7 Å². The lowest BCUT2D eigenvalue weighted by molar-refractivity contribution is 0.0526. The summed E-state index contributed by atoms with van der Waals surface area (Å²) in [5.41, 5.74) is 1.95. The normalized spacial score (nSPS) is 16.7. The Morgan fingerprint density at radius 3 is 2.41 bits per heavy atom. The van der Waals surface area contributed by atoms with E-state index in [2.05, 4.69) is 10.3 Å². The molecule has 29 heavy (non-hydrogen) atoms. The molecule has 0 N–H and O–H groups in total. The lowest BCUT2D eigenvalue weighted by atomic mass is 10.1. The van der Waals surface area contributed by atoms with Crippen molar-refractivity contribution in [2.45, 2.75) is 25.8 Å². The van der Waals surface area contributed by atoms with Gasteiger partial charge in [0.05, 0.1) is 4.88 Å². The monoisotopic (exact) mass is 411 g/mol. The van der Waals surface area contributed by atoms with E-state index in [1.54, 1.807) is 15.9 Å². The molecule has 0 unspecified atom stereocenters. The zero-order chi connectivity index (χ0) is 19.8. The third-order valence-electron chi connectivity index (χ3n) is 5.48. The topological polar surface area (TPSA) is 84.5 Å². The molecule has 0 aliphatic carbocycles. The predicted molar refractivity (Wildman–Crippen MR) is 107 cm³/mol. The van der Waals surface area contributed by atoms with E-state index in [-0.39, 0.29) is 11.8 Å². The second-order valence-electron chi connectivity index (χ2n) is 7.34. The minimum atomic E-state index is -0.166. The Labute approximate surface area is 171 Å². The number of carbonyl (C=O) groups excluding carboxylic acids is 2. The van der Waals surface area contributed by atoms with E-state index in [1.807, 2.05) is 28.3 Å². The standard InChI is InChI=1S/C20H21N5O3S/c26-19(15-12-14-4-1-2-6-25(14)21-15)23-7-9-24(10-8-23)20(27)16-13-17(28-22-16)18-5-3-11-29-18/h3,5,11-13H,1-2,4,6-10H2. The fourth-order valence-electron chi connectivity index (χ4n) is 3.87. The first-order chi connectivity index (χ1) is 14.2. The van der Waals surface area contributed by atoms with E-state index in [1.165, 1.54) is 11.3 Å². The number of aromatic nitrogens is 3. The summed E-state index contributed by atoms with van der Waals surface area (Å²) in [6.07, 6.45) is 3.24. The third kappa shape index (κ3) is 3.46. The molecule has 3 aromatic rings. The molecule has 0 aromatic carbocycles. The summed E-state index contributed by atoms with van der Waals surface area (Å²) < 4.78 is 7.27. The maximum absolute atomic E-state index is 12.8. The molecule has 150 valence electrons. The highest BCUT2D eigenvalue weighted by atomic mass is 32.1. The molecule has 1 saturated heterocycles. The van der Waals surface area contributed by atoms with Crippen molar-refractivity contribution in [1.29, 1.82) is 0 Å². The fraction of sp³-hybridized carbons (Fsp3) is 0.400. The quantitative estimate of drug-likeness (QED) is 0.661. The summed E-state index contributed by atoms with van der Waals surface area (Å²) in [5.74, 6) is 0.377. The number of carbonyl (C=O) groups is 2. The number of nitrogens with zero attached hydrogens (tertiary/aromatic N) is 5. The van der Waals surface area contributed by atoms with E-state index >= 15 is 0 Å². The largest absolute Gasteiger partial charge is 0.355 e. The molecular weight excluding hydrogens is 390 g/mol. The molecular formula is C20H21N5O3S. The van der Waals surface area contributed by atoms with Crippen LogP contribution in [0.4, 0.5) is 0 Å². The summed E-state index contributed by atoms with van der Waals surface area (Å²) in [5, 5.41) is 10.4. The lowest BCUT2D eigenvalue weighted by Gasteiger charge is -2.33. The number of thiophene rings is 1. The maximum Gasteiger partial charge on any atom is 0.276 e. The van der Waals surface area contributed by atoms with Gasteiger partial charge in [-0.05, 0) is 36.8 Å². The van der Waals surface area contributed by atoms with Crippen molar-refractivity contribution in [3.05, 3.63) is 46.7 Å². The smallest absolute Gasteiger partial charge is 0.276 e. The summed E-state index contributed by atoms with van der Waals surface area (Å²) in [4.78, 5) is 30.0. The minimum Gasteiger partial charge on any atom is -0.355 e. The van der Waals surface area contributed by atoms with Crippen LogP contribution >= 0.6 is 11.3 Å². The van der Waals surface area contributed by atoms with Gasteiger partial charge in [-0.2, -0.15) is 5.10 Å². The second-order valence-corrected chi connectivity index (χ2v) is 8.29. The zero-order valence-electron chi connectivity index (χ0n) is 15.9. The molecule has 0 atom stereocenters. The molecule has 5 heterocycles. The SMILES string of the molecule is O=C(c1cc(-c2cccs2)on1)N1CCN(C(=O)c2cc3n(n2)CCCC3)CC1. The van der Waals surface area contributed by atoms with Gasteiger partial charge in [-0.3, -0.25) is 14.3 Å². The summed E-state index contributed by atoms with van der Waals surface area (Å²) >= 11 is 1.54. The maximum atomic E-state index is 12.8. The number of piperazine rings is 1. The Balaban J connectivity index is 1.21. The summed E-state index contributed by atoms with van der Waals surface area (Å²) in [7, 11) is 0. The number of rotatable bonds is 3. The van der Waals surface area contributed by atoms with E-state index in [0.717, 1.165) is 36.4 Å². The molecule has 8 nitrogen and oxygen atoms in total. The van der Waals surface area contributed by atoms with Gasteiger partial charge in [0.1, 0.15) is 0 Å². The van der Waals surface area contributed by atoms with E-state index < -0.39 is 0 Å². The molecule has 2 amide bonds. The predicted octanol–water partition coefficient (Wildman–Crippen LogP) is 2.53. The highest BCUT2D eigenvalue weighted by Crippen LogP contribution is 2.25. The highest BCUT2D eigenvalue weighted by molar-refractivity contribution is 7.13. The van der Waals surface area contributed by atoms with Crippen LogP contribution in [0, 0.1) is 0 Å². The van der Waals surface area contributed by atoms with Gasteiger partial charge in [0.15, 0.2) is 17.1 Å². The van der Waals surface area contributed by atoms with Crippen molar-refractivity contribution in [2.75, 3.05) is 26.2 Å². The van der Waals surface area contributed by atoms with Gasteiger partial charge in [-0.1, -0.05) is 11.2 Å². The Hall–Kier alpha value is -2.94. The fourth-order valence-corrected chi connectivity index (χ4v) is 4.54. The van der Waals surface area contributed by atoms with Crippen molar-refractivity contribution < 1.29 is 14.1 Å².